The molecule has 0 fully saturated rings. The van der Waals surface area contributed by atoms with E-state index < -0.39 is 23.7 Å². The molecule has 0 aromatic carbocycles. The number of carbonyl (C=O) groups is 3. The molecule has 2 atom stereocenters. The summed E-state index contributed by atoms with van der Waals surface area (Å²) in [6.07, 6.45) is -0.176. The number of amides is 2. The van der Waals surface area contributed by atoms with E-state index in [1.807, 2.05) is 13.8 Å². The van der Waals surface area contributed by atoms with Gasteiger partial charge in [-0.15, -0.1) is 0 Å². The van der Waals surface area contributed by atoms with Crippen LogP contribution in [0.25, 0.3) is 0 Å². The lowest BCUT2D eigenvalue weighted by Crippen LogP contribution is -2.54. The highest BCUT2D eigenvalue weighted by Gasteiger charge is 2.35. The summed E-state index contributed by atoms with van der Waals surface area (Å²) in [5.74, 6) is -0.985. The van der Waals surface area contributed by atoms with Gasteiger partial charge in [-0.3, -0.25) is 14.4 Å². The number of rotatable bonds is 7. The van der Waals surface area contributed by atoms with Gasteiger partial charge in [0.1, 0.15) is 11.6 Å². The molecule has 2 amide bonds. The summed E-state index contributed by atoms with van der Waals surface area (Å²) in [7, 11) is 6.44. The van der Waals surface area contributed by atoms with Crippen LogP contribution in [-0.2, 0) is 19.1 Å². The summed E-state index contributed by atoms with van der Waals surface area (Å²) in [6, 6.07) is -1.32. The van der Waals surface area contributed by atoms with Gasteiger partial charge in [0.05, 0.1) is 12.5 Å². The Morgan fingerprint density at radius 3 is 1.88 bits per heavy atom. The molecule has 0 aliphatic carbocycles. The van der Waals surface area contributed by atoms with Crippen molar-refractivity contribution in [3.63, 3.8) is 0 Å². The van der Waals surface area contributed by atoms with E-state index in [1.54, 1.807) is 49.0 Å². The maximum absolute atomic E-state index is 12.7. The van der Waals surface area contributed by atoms with E-state index in [0.717, 1.165) is 0 Å². The first-order valence-corrected chi connectivity index (χ1v) is 8.18. The van der Waals surface area contributed by atoms with Crippen LogP contribution in [0.2, 0.25) is 0 Å². The summed E-state index contributed by atoms with van der Waals surface area (Å²) < 4.78 is 5.30. The minimum atomic E-state index is -0.892. The first-order valence-electron chi connectivity index (χ1n) is 8.18. The minimum absolute atomic E-state index is 0.0570. The van der Waals surface area contributed by atoms with Crippen molar-refractivity contribution >= 4 is 17.8 Å². The highest BCUT2D eigenvalue weighted by atomic mass is 16.6. The van der Waals surface area contributed by atoms with Gasteiger partial charge in [-0.1, -0.05) is 13.8 Å². The maximum atomic E-state index is 12.7. The number of ether oxygens (including phenoxy) is 1. The van der Waals surface area contributed by atoms with Gasteiger partial charge in [0.25, 0.3) is 0 Å². The molecule has 0 bridgehead atoms. The summed E-state index contributed by atoms with van der Waals surface area (Å²) in [4.78, 5) is 40.0. The quantitative estimate of drug-likeness (QED) is 0.694. The minimum Gasteiger partial charge on any atom is -0.460 e. The zero-order valence-corrected chi connectivity index (χ0v) is 16.5. The average Bonchev–Trinajstić information content (AvgIpc) is 2.41. The van der Waals surface area contributed by atoms with Crippen LogP contribution in [0.1, 0.15) is 41.0 Å². The molecular formula is C17H33N3O4. The Kier molecular flexibility index (Phi) is 8.40. The van der Waals surface area contributed by atoms with Gasteiger partial charge in [0, 0.05) is 21.1 Å². The fraction of sp³-hybridized carbons (Fsp3) is 0.824. The van der Waals surface area contributed by atoms with Crippen LogP contribution in [0.3, 0.4) is 0 Å². The standard InChI is InChI=1S/C17H33N3O4/c1-11(2)14(18-6)16(23)20(9)12(15(22)19(7)8)10-13(21)24-17(3,4)5/h11-12,14,18H,10H2,1-9H3/t12-,14-/m0/s1. The molecule has 0 rings (SSSR count). The Bertz CT molecular complexity index is 455. The van der Waals surface area contributed by atoms with E-state index in [2.05, 4.69) is 5.32 Å². The third-order valence-electron chi connectivity index (χ3n) is 3.56. The lowest BCUT2D eigenvalue weighted by molar-refractivity contribution is -0.160. The molecule has 24 heavy (non-hydrogen) atoms. The predicted octanol–water partition coefficient (Wildman–Crippen LogP) is 0.877. The second-order valence-corrected chi connectivity index (χ2v) is 7.50. The fourth-order valence-corrected chi connectivity index (χ4v) is 2.34. The topological polar surface area (TPSA) is 79.0 Å². The smallest absolute Gasteiger partial charge is 0.308 e. The van der Waals surface area contributed by atoms with Crippen molar-refractivity contribution in [1.82, 2.24) is 15.1 Å². The number of hydrogen-bond acceptors (Lipinski definition) is 5. The molecule has 7 nitrogen and oxygen atoms in total. The van der Waals surface area contributed by atoms with Crippen molar-refractivity contribution in [3.8, 4) is 0 Å². The molecule has 0 aliphatic heterocycles. The normalized spacial score (nSPS) is 14.1. The number of hydrogen-bond donors (Lipinski definition) is 1. The number of esters is 1. The molecule has 0 aromatic heterocycles. The Morgan fingerprint density at radius 1 is 1.04 bits per heavy atom. The fourth-order valence-electron chi connectivity index (χ4n) is 2.34. The first kappa shape index (κ1) is 22.4. The predicted molar refractivity (Wildman–Crippen MR) is 93.4 cm³/mol. The molecule has 0 radical (unpaired) electrons. The van der Waals surface area contributed by atoms with E-state index in [0.29, 0.717) is 0 Å². The van der Waals surface area contributed by atoms with E-state index in [9.17, 15) is 14.4 Å². The largest absolute Gasteiger partial charge is 0.460 e. The molecule has 140 valence electrons. The number of nitrogens with zero attached hydrogens (tertiary/aromatic N) is 2. The number of likely N-dealkylation sites (N-methyl/N-ethyl adjacent to an activating group) is 3. The monoisotopic (exact) mass is 343 g/mol. The van der Waals surface area contributed by atoms with Crippen LogP contribution in [0.4, 0.5) is 0 Å². The van der Waals surface area contributed by atoms with Crippen molar-refractivity contribution < 1.29 is 19.1 Å². The number of nitrogens with one attached hydrogen (secondary N) is 1. The van der Waals surface area contributed by atoms with Crippen LogP contribution in [0.15, 0.2) is 0 Å². The average molecular weight is 343 g/mol. The Hall–Kier alpha value is -1.63. The molecule has 0 spiro atoms. The third-order valence-corrected chi connectivity index (χ3v) is 3.56. The van der Waals surface area contributed by atoms with Crippen LogP contribution >= 0.6 is 0 Å². The van der Waals surface area contributed by atoms with Crippen molar-refractivity contribution in [3.05, 3.63) is 0 Å². The van der Waals surface area contributed by atoms with Gasteiger partial charge in [-0.05, 0) is 33.7 Å². The Balaban J connectivity index is 5.37. The molecule has 0 saturated heterocycles. The molecule has 0 heterocycles. The van der Waals surface area contributed by atoms with Gasteiger partial charge >= 0.3 is 5.97 Å². The highest BCUT2D eigenvalue weighted by molar-refractivity contribution is 5.92. The van der Waals surface area contributed by atoms with Crippen molar-refractivity contribution in [2.45, 2.75) is 58.7 Å². The molecule has 7 heteroatoms. The van der Waals surface area contributed by atoms with Crippen LogP contribution in [0.5, 0.6) is 0 Å². The molecule has 0 saturated carbocycles. The van der Waals surface area contributed by atoms with E-state index >= 15 is 0 Å². The summed E-state index contributed by atoms with van der Waals surface area (Å²) in [6.45, 7) is 9.13. The lowest BCUT2D eigenvalue weighted by atomic mass is 10.0. The van der Waals surface area contributed by atoms with Gasteiger partial charge in [-0.2, -0.15) is 0 Å². The highest BCUT2D eigenvalue weighted by Crippen LogP contribution is 2.15. The molecule has 1 N–H and O–H groups in total. The van der Waals surface area contributed by atoms with Gasteiger partial charge in [0.2, 0.25) is 11.8 Å². The zero-order chi connectivity index (χ0) is 19.2. The van der Waals surface area contributed by atoms with E-state index in [-0.39, 0.29) is 24.2 Å². The lowest BCUT2D eigenvalue weighted by Gasteiger charge is -2.33. The Labute approximate surface area is 145 Å². The van der Waals surface area contributed by atoms with Crippen molar-refractivity contribution in [1.29, 1.82) is 0 Å². The Morgan fingerprint density at radius 2 is 1.54 bits per heavy atom. The SMILES string of the molecule is CN[C@H](C(=O)N(C)[C@@H](CC(=O)OC(C)(C)C)C(=O)N(C)C)C(C)C. The van der Waals surface area contributed by atoms with Crippen molar-refractivity contribution in [2.75, 3.05) is 28.2 Å². The van der Waals surface area contributed by atoms with Gasteiger partial charge in [0.15, 0.2) is 0 Å². The summed E-state index contributed by atoms with van der Waals surface area (Å²) in [5, 5.41) is 2.96. The third kappa shape index (κ3) is 6.86. The van der Waals surface area contributed by atoms with Crippen LogP contribution in [0, 0.1) is 5.92 Å². The second kappa shape index (κ2) is 9.01. The van der Waals surface area contributed by atoms with Gasteiger partial charge < -0.3 is 19.9 Å². The maximum Gasteiger partial charge on any atom is 0.308 e. The molecule has 0 aromatic rings. The van der Waals surface area contributed by atoms with Crippen LogP contribution < -0.4 is 5.32 Å². The van der Waals surface area contributed by atoms with E-state index in [1.165, 1.54) is 9.80 Å². The molecular weight excluding hydrogens is 310 g/mol. The molecule has 0 aliphatic rings. The van der Waals surface area contributed by atoms with Crippen molar-refractivity contribution in [2.24, 2.45) is 5.92 Å². The first-order chi connectivity index (χ1) is 10.8. The summed E-state index contributed by atoms with van der Waals surface area (Å²) in [5.41, 5.74) is -0.642. The summed E-state index contributed by atoms with van der Waals surface area (Å²) >= 11 is 0. The van der Waals surface area contributed by atoms with E-state index in [4.69, 9.17) is 4.74 Å². The van der Waals surface area contributed by atoms with Crippen LogP contribution in [-0.4, -0.2) is 73.5 Å². The van der Waals surface area contributed by atoms with Gasteiger partial charge in [-0.25, -0.2) is 0 Å². The zero-order valence-electron chi connectivity index (χ0n) is 16.5. The number of carbonyl (C=O) groups excluding carboxylic acids is 3. The second-order valence-electron chi connectivity index (χ2n) is 7.50. The molecule has 0 unspecified atom stereocenters.